The van der Waals surface area contributed by atoms with Crippen molar-refractivity contribution >= 4 is 15.9 Å². The third kappa shape index (κ3) is 3.10. The van der Waals surface area contributed by atoms with E-state index in [1.165, 1.54) is 0 Å². The van der Waals surface area contributed by atoms with Gasteiger partial charge in [0.15, 0.2) is 0 Å². The molecule has 2 aromatic carbocycles. The van der Waals surface area contributed by atoms with Gasteiger partial charge < -0.3 is 9.72 Å². The van der Waals surface area contributed by atoms with Gasteiger partial charge in [0, 0.05) is 15.7 Å². The van der Waals surface area contributed by atoms with Crippen molar-refractivity contribution in [3.05, 3.63) is 75.0 Å². The number of hydrogen-bond acceptors (Lipinski definition) is 3. The van der Waals surface area contributed by atoms with Gasteiger partial charge >= 0.3 is 0 Å². The first-order valence-corrected chi connectivity index (χ1v) is 7.99. The molecule has 3 rings (SSSR count). The number of ether oxygens (including phenoxy) is 1. The lowest BCUT2D eigenvalue weighted by Gasteiger charge is -2.09. The molecule has 1 N–H and O–H groups in total. The molecule has 5 heteroatoms. The van der Waals surface area contributed by atoms with Crippen molar-refractivity contribution in [2.24, 2.45) is 0 Å². The van der Waals surface area contributed by atoms with Crippen molar-refractivity contribution < 1.29 is 4.74 Å². The van der Waals surface area contributed by atoms with E-state index in [2.05, 4.69) is 20.9 Å². The molecule has 0 unspecified atom stereocenters. The number of pyridine rings is 1. The highest BCUT2D eigenvalue weighted by Gasteiger charge is 2.12. The standard InChI is InChI=1S/C19H13BrN2O2/c1-24-15-8-4-13(5-9-15)18-10-16(17(11-21)19(23)22-18)12-2-6-14(20)7-3-12/h2-10H,1H3,(H,22,23). The van der Waals surface area contributed by atoms with E-state index >= 15 is 0 Å². The SMILES string of the molecule is COc1ccc(-c2cc(-c3ccc(Br)cc3)c(C#N)c(=O)[nH]2)cc1. The fourth-order valence-corrected chi connectivity index (χ4v) is 2.72. The second-order valence-corrected chi connectivity index (χ2v) is 6.06. The minimum Gasteiger partial charge on any atom is -0.497 e. The van der Waals surface area contributed by atoms with Crippen LogP contribution < -0.4 is 10.3 Å². The third-order valence-electron chi connectivity index (χ3n) is 3.70. The van der Waals surface area contributed by atoms with Crippen LogP contribution in [0.15, 0.2) is 63.9 Å². The van der Waals surface area contributed by atoms with Gasteiger partial charge in [-0.15, -0.1) is 0 Å². The predicted octanol–water partition coefficient (Wildman–Crippen LogP) is 4.35. The molecule has 0 atom stereocenters. The van der Waals surface area contributed by atoms with E-state index in [1.54, 1.807) is 7.11 Å². The van der Waals surface area contributed by atoms with Gasteiger partial charge in [0.25, 0.3) is 5.56 Å². The number of rotatable bonds is 3. The number of benzene rings is 2. The lowest BCUT2D eigenvalue weighted by molar-refractivity contribution is 0.415. The molecule has 0 fully saturated rings. The van der Waals surface area contributed by atoms with Crippen LogP contribution in [0.25, 0.3) is 22.4 Å². The Morgan fingerprint density at radius 3 is 2.25 bits per heavy atom. The summed E-state index contributed by atoms with van der Waals surface area (Å²) in [6.07, 6.45) is 0. The molecule has 0 bridgehead atoms. The van der Waals surface area contributed by atoms with Crippen LogP contribution in [0.5, 0.6) is 5.75 Å². The second kappa shape index (κ2) is 6.73. The first-order chi connectivity index (χ1) is 11.6. The van der Waals surface area contributed by atoms with Crippen molar-refractivity contribution in [1.29, 1.82) is 5.26 Å². The number of nitrogens with one attached hydrogen (secondary N) is 1. The molecule has 0 aliphatic rings. The first-order valence-electron chi connectivity index (χ1n) is 7.20. The highest BCUT2D eigenvalue weighted by Crippen LogP contribution is 2.28. The van der Waals surface area contributed by atoms with Gasteiger partial charge in [0.2, 0.25) is 0 Å². The van der Waals surface area contributed by atoms with Crippen LogP contribution in [0.4, 0.5) is 0 Å². The zero-order valence-electron chi connectivity index (χ0n) is 12.8. The Labute approximate surface area is 147 Å². The molecule has 24 heavy (non-hydrogen) atoms. The summed E-state index contributed by atoms with van der Waals surface area (Å²) in [7, 11) is 1.60. The van der Waals surface area contributed by atoms with E-state index in [-0.39, 0.29) is 5.56 Å². The van der Waals surface area contributed by atoms with Gasteiger partial charge in [-0.3, -0.25) is 4.79 Å². The van der Waals surface area contributed by atoms with E-state index in [4.69, 9.17) is 4.74 Å². The van der Waals surface area contributed by atoms with Gasteiger partial charge in [0.05, 0.1) is 7.11 Å². The number of H-pyrrole nitrogens is 1. The monoisotopic (exact) mass is 380 g/mol. The minimum atomic E-state index is -0.399. The second-order valence-electron chi connectivity index (χ2n) is 5.15. The smallest absolute Gasteiger partial charge is 0.266 e. The number of halogens is 1. The molecule has 1 aromatic heterocycles. The van der Waals surface area contributed by atoms with Crippen molar-refractivity contribution in [2.45, 2.75) is 0 Å². The van der Waals surface area contributed by atoms with Gasteiger partial charge in [0.1, 0.15) is 17.4 Å². The lowest BCUT2D eigenvalue weighted by Crippen LogP contribution is -2.12. The Morgan fingerprint density at radius 1 is 1.04 bits per heavy atom. The van der Waals surface area contributed by atoms with E-state index in [0.717, 1.165) is 21.3 Å². The number of methoxy groups -OCH3 is 1. The highest BCUT2D eigenvalue weighted by atomic mass is 79.9. The van der Waals surface area contributed by atoms with Crippen LogP contribution in [-0.4, -0.2) is 12.1 Å². The van der Waals surface area contributed by atoms with Crippen molar-refractivity contribution in [1.82, 2.24) is 4.98 Å². The van der Waals surface area contributed by atoms with Crippen LogP contribution in [0.1, 0.15) is 5.56 Å². The van der Waals surface area contributed by atoms with Gasteiger partial charge in [-0.2, -0.15) is 5.26 Å². The summed E-state index contributed by atoms with van der Waals surface area (Å²) in [6, 6.07) is 18.7. The Hall–Kier alpha value is -2.84. The summed E-state index contributed by atoms with van der Waals surface area (Å²) >= 11 is 3.39. The van der Waals surface area contributed by atoms with Crippen molar-refractivity contribution in [3.63, 3.8) is 0 Å². The Morgan fingerprint density at radius 2 is 1.67 bits per heavy atom. The average Bonchev–Trinajstić information content (AvgIpc) is 2.62. The molecule has 0 spiro atoms. The zero-order chi connectivity index (χ0) is 17.1. The van der Waals surface area contributed by atoms with Crippen molar-refractivity contribution in [3.8, 4) is 34.2 Å². The summed E-state index contributed by atoms with van der Waals surface area (Å²) < 4.78 is 6.09. The van der Waals surface area contributed by atoms with Crippen LogP contribution in [0.3, 0.4) is 0 Å². The molecule has 0 radical (unpaired) electrons. The minimum absolute atomic E-state index is 0.106. The molecule has 3 aromatic rings. The molecule has 0 aliphatic heterocycles. The van der Waals surface area contributed by atoms with Gasteiger partial charge in [-0.05, 0) is 53.6 Å². The van der Waals surface area contributed by atoms with Gasteiger partial charge in [-0.25, -0.2) is 0 Å². The molecule has 118 valence electrons. The quantitative estimate of drug-likeness (QED) is 0.734. The number of nitriles is 1. The van der Waals surface area contributed by atoms with Gasteiger partial charge in [-0.1, -0.05) is 28.1 Å². The van der Waals surface area contributed by atoms with E-state index in [1.807, 2.05) is 60.7 Å². The number of aromatic nitrogens is 1. The first kappa shape index (κ1) is 16.0. The largest absolute Gasteiger partial charge is 0.497 e. The van der Waals surface area contributed by atoms with E-state index < -0.39 is 5.56 Å². The Balaban J connectivity index is 2.17. The molecular weight excluding hydrogens is 368 g/mol. The highest BCUT2D eigenvalue weighted by molar-refractivity contribution is 9.10. The predicted molar refractivity (Wildman–Crippen MR) is 96.9 cm³/mol. The maximum absolute atomic E-state index is 12.3. The fourth-order valence-electron chi connectivity index (χ4n) is 2.45. The topological polar surface area (TPSA) is 65.9 Å². The van der Waals surface area contributed by atoms with E-state index in [0.29, 0.717) is 11.3 Å². The molecule has 1 heterocycles. The molecular formula is C19H13BrN2O2. The zero-order valence-corrected chi connectivity index (χ0v) is 14.4. The maximum Gasteiger partial charge on any atom is 0.266 e. The number of nitrogens with zero attached hydrogens (tertiary/aromatic N) is 1. The summed E-state index contributed by atoms with van der Waals surface area (Å²) in [5, 5.41) is 9.35. The Bertz CT molecular complexity index is 968. The lowest BCUT2D eigenvalue weighted by atomic mass is 9.99. The van der Waals surface area contributed by atoms with Crippen LogP contribution >= 0.6 is 15.9 Å². The summed E-state index contributed by atoms with van der Waals surface area (Å²) in [4.78, 5) is 15.1. The molecule has 0 amide bonds. The summed E-state index contributed by atoms with van der Waals surface area (Å²) in [6.45, 7) is 0. The molecule has 0 aliphatic carbocycles. The molecule has 4 nitrogen and oxygen atoms in total. The molecule has 0 saturated carbocycles. The molecule has 0 saturated heterocycles. The number of hydrogen-bond donors (Lipinski definition) is 1. The maximum atomic E-state index is 12.3. The van der Waals surface area contributed by atoms with Crippen LogP contribution in [0, 0.1) is 11.3 Å². The van der Waals surface area contributed by atoms with Crippen molar-refractivity contribution in [2.75, 3.05) is 7.11 Å². The fraction of sp³-hybridized carbons (Fsp3) is 0.0526. The summed E-state index contributed by atoms with van der Waals surface area (Å²) in [5.41, 5.74) is 2.63. The third-order valence-corrected chi connectivity index (χ3v) is 4.23. The van der Waals surface area contributed by atoms with Crippen LogP contribution in [-0.2, 0) is 0 Å². The van der Waals surface area contributed by atoms with E-state index in [9.17, 15) is 10.1 Å². The van der Waals surface area contributed by atoms with Crippen LogP contribution in [0.2, 0.25) is 0 Å². The summed E-state index contributed by atoms with van der Waals surface area (Å²) in [5.74, 6) is 0.739. The number of aromatic amines is 1. The average molecular weight is 381 g/mol. The Kier molecular flexibility index (Phi) is 4.50. The normalized spacial score (nSPS) is 10.2.